The monoisotopic (exact) mass is 304 g/mol. The van der Waals surface area contributed by atoms with E-state index in [1.165, 1.54) is 0 Å². The summed E-state index contributed by atoms with van der Waals surface area (Å²) in [5.74, 6) is 1.02. The standard InChI is InChI=1S/C14H13ClN4S/c1-8(2)9-7-12(15)18-19-13(9)17-14-16-10-5-3-4-6-11(10)20-14/h3-8H,1-2H3,(H,16,17,19). The van der Waals surface area contributed by atoms with Crippen molar-refractivity contribution in [1.29, 1.82) is 0 Å². The smallest absolute Gasteiger partial charge is 0.189 e. The summed E-state index contributed by atoms with van der Waals surface area (Å²) in [6, 6.07) is 9.87. The molecule has 0 aliphatic carbocycles. The maximum absolute atomic E-state index is 5.91. The molecule has 2 heterocycles. The first-order valence-corrected chi connectivity index (χ1v) is 7.48. The zero-order chi connectivity index (χ0) is 14.1. The van der Waals surface area contributed by atoms with Gasteiger partial charge in [0.1, 0.15) is 0 Å². The van der Waals surface area contributed by atoms with Gasteiger partial charge in [0.2, 0.25) is 0 Å². The Balaban J connectivity index is 1.98. The van der Waals surface area contributed by atoms with Crippen molar-refractivity contribution in [2.75, 3.05) is 5.32 Å². The Morgan fingerprint density at radius 2 is 2.00 bits per heavy atom. The van der Waals surface area contributed by atoms with Gasteiger partial charge in [-0.15, -0.1) is 10.2 Å². The molecule has 0 saturated heterocycles. The molecule has 0 aliphatic heterocycles. The van der Waals surface area contributed by atoms with Crippen molar-refractivity contribution in [3.8, 4) is 0 Å². The van der Waals surface area contributed by atoms with Gasteiger partial charge >= 0.3 is 0 Å². The molecule has 0 radical (unpaired) electrons. The van der Waals surface area contributed by atoms with Crippen LogP contribution in [0.4, 0.5) is 10.9 Å². The van der Waals surface area contributed by atoms with Crippen LogP contribution in [0.5, 0.6) is 0 Å². The number of nitrogens with one attached hydrogen (secondary N) is 1. The molecule has 4 nitrogen and oxygen atoms in total. The highest BCUT2D eigenvalue weighted by molar-refractivity contribution is 7.22. The average Bonchev–Trinajstić information content (AvgIpc) is 2.82. The number of rotatable bonds is 3. The minimum absolute atomic E-state index is 0.305. The number of anilines is 2. The van der Waals surface area contributed by atoms with E-state index in [9.17, 15) is 0 Å². The zero-order valence-corrected chi connectivity index (χ0v) is 12.7. The molecule has 0 unspecified atom stereocenters. The first-order valence-electron chi connectivity index (χ1n) is 6.29. The SMILES string of the molecule is CC(C)c1cc(Cl)nnc1Nc1nc2ccccc2s1. The molecule has 0 amide bonds. The minimum atomic E-state index is 0.305. The molecular formula is C14H13ClN4S. The summed E-state index contributed by atoms with van der Waals surface area (Å²) >= 11 is 7.51. The molecule has 0 spiro atoms. The summed E-state index contributed by atoms with van der Waals surface area (Å²) in [6.45, 7) is 4.19. The first-order chi connectivity index (χ1) is 9.63. The fourth-order valence-corrected chi connectivity index (χ4v) is 2.97. The number of aromatic nitrogens is 3. The quantitative estimate of drug-likeness (QED) is 0.768. The second-order valence-corrected chi connectivity index (χ2v) is 6.16. The normalized spacial score (nSPS) is 11.2. The summed E-state index contributed by atoms with van der Waals surface area (Å²) in [4.78, 5) is 4.54. The molecule has 20 heavy (non-hydrogen) atoms. The van der Waals surface area contributed by atoms with Crippen LogP contribution in [0.15, 0.2) is 30.3 Å². The van der Waals surface area contributed by atoms with Gasteiger partial charge in [0.15, 0.2) is 16.1 Å². The van der Waals surface area contributed by atoms with Crippen molar-refractivity contribution in [3.63, 3.8) is 0 Å². The number of para-hydroxylation sites is 1. The fourth-order valence-electron chi connectivity index (χ4n) is 1.95. The van der Waals surface area contributed by atoms with Gasteiger partial charge in [-0.25, -0.2) is 4.98 Å². The Hall–Kier alpha value is -1.72. The highest BCUT2D eigenvalue weighted by Gasteiger charge is 2.12. The van der Waals surface area contributed by atoms with Gasteiger partial charge in [0.05, 0.1) is 10.2 Å². The second-order valence-electron chi connectivity index (χ2n) is 4.74. The summed E-state index contributed by atoms with van der Waals surface area (Å²) in [6.07, 6.45) is 0. The lowest BCUT2D eigenvalue weighted by Crippen LogP contribution is -2.02. The summed E-state index contributed by atoms with van der Waals surface area (Å²) in [5, 5.41) is 12.5. The van der Waals surface area contributed by atoms with Gasteiger partial charge in [-0.2, -0.15) is 0 Å². The van der Waals surface area contributed by atoms with Crippen molar-refractivity contribution in [3.05, 3.63) is 41.0 Å². The number of fused-ring (bicyclic) bond motifs is 1. The maximum Gasteiger partial charge on any atom is 0.189 e. The van der Waals surface area contributed by atoms with Crippen LogP contribution in [0.2, 0.25) is 5.15 Å². The van der Waals surface area contributed by atoms with Crippen molar-refractivity contribution in [2.45, 2.75) is 19.8 Å². The van der Waals surface area contributed by atoms with Gasteiger partial charge in [0, 0.05) is 5.56 Å². The molecule has 0 aliphatic rings. The lowest BCUT2D eigenvalue weighted by atomic mass is 10.1. The summed E-state index contributed by atoms with van der Waals surface area (Å²) < 4.78 is 1.14. The Bertz CT molecular complexity index is 721. The molecule has 6 heteroatoms. The predicted molar refractivity (Wildman–Crippen MR) is 84.0 cm³/mol. The number of benzene rings is 1. The molecule has 2 aromatic heterocycles. The maximum atomic E-state index is 5.91. The second kappa shape index (κ2) is 5.34. The van der Waals surface area contributed by atoms with Crippen LogP contribution in [0.25, 0.3) is 10.2 Å². The van der Waals surface area contributed by atoms with E-state index in [0.717, 1.165) is 20.9 Å². The third kappa shape index (κ3) is 2.59. The Kier molecular flexibility index (Phi) is 3.54. The first kappa shape index (κ1) is 13.3. The molecule has 3 aromatic rings. The van der Waals surface area contributed by atoms with Gasteiger partial charge in [0.25, 0.3) is 0 Å². The van der Waals surface area contributed by atoms with Gasteiger partial charge < -0.3 is 5.32 Å². The van der Waals surface area contributed by atoms with Crippen LogP contribution in [0.3, 0.4) is 0 Å². The zero-order valence-electron chi connectivity index (χ0n) is 11.1. The molecule has 3 rings (SSSR count). The third-order valence-electron chi connectivity index (χ3n) is 2.93. The lowest BCUT2D eigenvalue weighted by molar-refractivity contribution is 0.846. The largest absolute Gasteiger partial charge is 0.314 e. The van der Waals surface area contributed by atoms with Crippen LogP contribution in [-0.4, -0.2) is 15.2 Å². The van der Waals surface area contributed by atoms with Crippen molar-refractivity contribution < 1.29 is 0 Å². The van der Waals surface area contributed by atoms with E-state index in [0.29, 0.717) is 16.9 Å². The predicted octanol–water partition coefficient (Wildman–Crippen LogP) is 4.61. The van der Waals surface area contributed by atoms with Gasteiger partial charge in [-0.05, 0) is 24.1 Å². The molecule has 1 N–H and O–H groups in total. The lowest BCUT2D eigenvalue weighted by Gasteiger charge is -2.11. The van der Waals surface area contributed by atoms with E-state index in [1.807, 2.05) is 24.3 Å². The molecule has 0 fully saturated rings. The Morgan fingerprint density at radius 1 is 1.20 bits per heavy atom. The summed E-state index contributed by atoms with van der Waals surface area (Å²) in [7, 11) is 0. The number of hydrogen-bond donors (Lipinski definition) is 1. The van der Waals surface area contributed by atoms with E-state index in [2.05, 4.69) is 40.4 Å². The van der Waals surface area contributed by atoms with Crippen molar-refractivity contribution >= 4 is 44.1 Å². The topological polar surface area (TPSA) is 50.7 Å². The summed E-state index contributed by atoms with van der Waals surface area (Å²) in [5.41, 5.74) is 2.01. The molecule has 0 atom stereocenters. The van der Waals surface area contributed by atoms with Crippen molar-refractivity contribution in [1.82, 2.24) is 15.2 Å². The van der Waals surface area contributed by atoms with Crippen LogP contribution < -0.4 is 5.32 Å². The molecule has 1 aromatic carbocycles. The number of nitrogens with zero attached hydrogens (tertiary/aromatic N) is 3. The van der Waals surface area contributed by atoms with Crippen LogP contribution >= 0.6 is 22.9 Å². The highest BCUT2D eigenvalue weighted by atomic mass is 35.5. The third-order valence-corrected chi connectivity index (χ3v) is 4.07. The molecular weight excluding hydrogens is 292 g/mol. The van der Waals surface area contributed by atoms with E-state index in [4.69, 9.17) is 11.6 Å². The minimum Gasteiger partial charge on any atom is -0.314 e. The highest BCUT2D eigenvalue weighted by Crippen LogP contribution is 2.30. The van der Waals surface area contributed by atoms with Gasteiger partial charge in [-0.3, -0.25) is 0 Å². The number of halogens is 1. The molecule has 0 saturated carbocycles. The van der Waals surface area contributed by atoms with Crippen LogP contribution in [-0.2, 0) is 0 Å². The number of thiazole rings is 1. The van der Waals surface area contributed by atoms with E-state index < -0.39 is 0 Å². The molecule has 102 valence electrons. The van der Waals surface area contributed by atoms with Crippen molar-refractivity contribution in [2.24, 2.45) is 0 Å². The van der Waals surface area contributed by atoms with Gasteiger partial charge in [-0.1, -0.05) is 48.9 Å². The van der Waals surface area contributed by atoms with Crippen LogP contribution in [0, 0.1) is 0 Å². The Labute approximate surface area is 125 Å². The van der Waals surface area contributed by atoms with E-state index in [1.54, 1.807) is 11.3 Å². The van der Waals surface area contributed by atoms with E-state index >= 15 is 0 Å². The average molecular weight is 305 g/mol. The molecule has 0 bridgehead atoms. The Morgan fingerprint density at radius 3 is 2.75 bits per heavy atom. The number of hydrogen-bond acceptors (Lipinski definition) is 5. The van der Waals surface area contributed by atoms with Crippen LogP contribution in [0.1, 0.15) is 25.3 Å². The van der Waals surface area contributed by atoms with E-state index in [-0.39, 0.29) is 0 Å². The fraction of sp³-hybridized carbons (Fsp3) is 0.214.